The van der Waals surface area contributed by atoms with Crippen LogP contribution in [-0.2, 0) is 11.2 Å². The van der Waals surface area contributed by atoms with Gasteiger partial charge in [-0.3, -0.25) is 9.59 Å². The first-order valence-corrected chi connectivity index (χ1v) is 9.64. The number of amides is 1. The van der Waals surface area contributed by atoms with Crippen LogP contribution in [0.4, 0.5) is 4.39 Å². The molecule has 1 atom stereocenters. The van der Waals surface area contributed by atoms with Crippen LogP contribution < -0.4 is 4.74 Å². The van der Waals surface area contributed by atoms with Gasteiger partial charge in [0, 0.05) is 35.9 Å². The first-order chi connectivity index (χ1) is 12.6. The normalized spacial score (nSPS) is 17.2. The predicted octanol–water partition coefficient (Wildman–Crippen LogP) is 3.95. The number of Topliss-reactive ketones (excluding diaryl/α,β-unsaturated/α-hetero) is 1. The number of halogens is 1. The molecule has 1 aliphatic heterocycles. The largest absolute Gasteiger partial charge is 0.494 e. The van der Waals surface area contributed by atoms with Crippen molar-refractivity contribution in [2.24, 2.45) is 5.92 Å². The van der Waals surface area contributed by atoms with Crippen molar-refractivity contribution in [3.8, 4) is 5.75 Å². The van der Waals surface area contributed by atoms with E-state index in [1.165, 1.54) is 24.1 Å². The predicted molar refractivity (Wildman–Crippen MR) is 99.2 cm³/mol. The van der Waals surface area contributed by atoms with Crippen molar-refractivity contribution in [2.75, 3.05) is 20.2 Å². The molecule has 1 amide bonds. The Hall–Kier alpha value is -2.21. The van der Waals surface area contributed by atoms with Gasteiger partial charge in [0.25, 0.3) is 0 Å². The van der Waals surface area contributed by atoms with Gasteiger partial charge >= 0.3 is 0 Å². The third-order valence-electron chi connectivity index (χ3n) is 4.75. The fourth-order valence-corrected chi connectivity index (χ4v) is 4.03. The summed E-state index contributed by atoms with van der Waals surface area (Å²) >= 11 is 1.65. The van der Waals surface area contributed by atoms with Crippen LogP contribution in [0.2, 0.25) is 0 Å². The lowest BCUT2D eigenvalue weighted by atomic mass is 9.89. The van der Waals surface area contributed by atoms with Gasteiger partial charge in [-0.2, -0.15) is 0 Å². The highest BCUT2D eigenvalue weighted by atomic mass is 32.1. The summed E-state index contributed by atoms with van der Waals surface area (Å²) in [6.45, 7) is 1.10. The van der Waals surface area contributed by atoms with Gasteiger partial charge in [0.15, 0.2) is 17.3 Å². The Labute approximate surface area is 156 Å². The molecule has 0 aliphatic carbocycles. The molecule has 1 unspecified atom stereocenters. The van der Waals surface area contributed by atoms with Crippen LogP contribution in [0.3, 0.4) is 0 Å². The second-order valence-electron chi connectivity index (χ2n) is 6.47. The Morgan fingerprint density at radius 3 is 2.88 bits per heavy atom. The van der Waals surface area contributed by atoms with E-state index in [-0.39, 0.29) is 23.4 Å². The van der Waals surface area contributed by atoms with Crippen molar-refractivity contribution in [1.82, 2.24) is 4.90 Å². The Bertz CT molecular complexity index is 775. The molecular formula is C20H22FNO3S. The average molecular weight is 375 g/mol. The van der Waals surface area contributed by atoms with Crippen LogP contribution in [0.5, 0.6) is 5.75 Å². The molecule has 1 saturated heterocycles. The molecule has 4 nitrogen and oxygen atoms in total. The molecule has 0 N–H and O–H groups in total. The Morgan fingerprint density at radius 2 is 2.19 bits per heavy atom. The number of likely N-dealkylation sites (tertiary alicyclic amines) is 1. The van der Waals surface area contributed by atoms with Crippen LogP contribution in [-0.4, -0.2) is 36.8 Å². The summed E-state index contributed by atoms with van der Waals surface area (Å²) in [7, 11) is 1.39. The number of carbonyl (C=O) groups is 2. The van der Waals surface area contributed by atoms with Gasteiger partial charge < -0.3 is 9.64 Å². The number of hydrogen-bond acceptors (Lipinski definition) is 4. The second kappa shape index (κ2) is 8.45. The van der Waals surface area contributed by atoms with E-state index in [1.54, 1.807) is 22.3 Å². The lowest BCUT2D eigenvalue weighted by Crippen LogP contribution is -2.42. The van der Waals surface area contributed by atoms with Gasteiger partial charge in [-0.1, -0.05) is 6.07 Å². The lowest BCUT2D eigenvalue weighted by Gasteiger charge is -2.32. The Balaban J connectivity index is 1.61. The number of carbonyl (C=O) groups excluding carboxylic acids is 2. The van der Waals surface area contributed by atoms with Crippen molar-refractivity contribution in [2.45, 2.75) is 25.7 Å². The highest BCUT2D eigenvalue weighted by Gasteiger charge is 2.29. The highest BCUT2D eigenvalue weighted by Crippen LogP contribution is 2.25. The zero-order valence-electron chi connectivity index (χ0n) is 14.7. The third kappa shape index (κ3) is 4.30. The van der Waals surface area contributed by atoms with Crippen molar-refractivity contribution in [1.29, 1.82) is 0 Å². The summed E-state index contributed by atoms with van der Waals surface area (Å²) in [5, 5.41) is 2.00. The van der Waals surface area contributed by atoms with E-state index in [0.717, 1.165) is 19.3 Å². The van der Waals surface area contributed by atoms with Crippen LogP contribution in [0.1, 0.15) is 34.5 Å². The molecule has 3 rings (SSSR count). The molecule has 1 aliphatic rings. The third-order valence-corrected chi connectivity index (χ3v) is 5.68. The molecule has 1 fully saturated rings. The molecule has 0 radical (unpaired) electrons. The second-order valence-corrected chi connectivity index (χ2v) is 7.50. The molecule has 1 aromatic heterocycles. The number of piperidine rings is 1. The van der Waals surface area contributed by atoms with Crippen LogP contribution in [0, 0.1) is 11.7 Å². The molecule has 0 saturated carbocycles. The summed E-state index contributed by atoms with van der Waals surface area (Å²) in [6.07, 6.45) is 2.70. The monoisotopic (exact) mass is 375 g/mol. The summed E-state index contributed by atoms with van der Waals surface area (Å²) in [5.41, 5.74) is 0.334. The number of aryl methyl sites for hydroxylation is 1. The van der Waals surface area contributed by atoms with Gasteiger partial charge in [0.2, 0.25) is 5.91 Å². The van der Waals surface area contributed by atoms with E-state index in [9.17, 15) is 14.0 Å². The minimum Gasteiger partial charge on any atom is -0.494 e. The van der Waals surface area contributed by atoms with Crippen molar-refractivity contribution >= 4 is 23.0 Å². The van der Waals surface area contributed by atoms with Crippen molar-refractivity contribution in [3.05, 3.63) is 52.0 Å². The molecule has 0 spiro atoms. The van der Waals surface area contributed by atoms with E-state index in [4.69, 9.17) is 4.74 Å². The van der Waals surface area contributed by atoms with E-state index >= 15 is 0 Å². The Morgan fingerprint density at radius 1 is 1.35 bits per heavy atom. The maximum Gasteiger partial charge on any atom is 0.222 e. The van der Waals surface area contributed by atoms with Crippen molar-refractivity contribution < 1.29 is 18.7 Å². The lowest BCUT2D eigenvalue weighted by molar-refractivity contribution is -0.132. The van der Waals surface area contributed by atoms with Crippen molar-refractivity contribution in [3.63, 3.8) is 0 Å². The number of hydrogen-bond donors (Lipinski definition) is 0. The maximum absolute atomic E-state index is 13.9. The number of nitrogens with zero attached hydrogens (tertiary/aromatic N) is 1. The number of rotatable bonds is 6. The molecule has 26 heavy (non-hydrogen) atoms. The quantitative estimate of drug-likeness (QED) is 0.718. The minimum absolute atomic E-state index is 0.0804. The molecule has 0 bridgehead atoms. The summed E-state index contributed by atoms with van der Waals surface area (Å²) in [5.74, 6) is -0.727. The topological polar surface area (TPSA) is 46.6 Å². The first kappa shape index (κ1) is 18.6. The number of thiophene rings is 1. The SMILES string of the molecule is COc1ccc(C(=O)C2CCCN(C(=O)CCc3cccs3)C2)cc1F. The van der Waals surface area contributed by atoms with E-state index in [2.05, 4.69) is 0 Å². The van der Waals surface area contributed by atoms with Gasteiger partial charge in [-0.15, -0.1) is 11.3 Å². The highest BCUT2D eigenvalue weighted by molar-refractivity contribution is 7.09. The molecular weight excluding hydrogens is 353 g/mol. The van der Waals surface area contributed by atoms with Crippen LogP contribution in [0.15, 0.2) is 35.7 Å². The zero-order valence-corrected chi connectivity index (χ0v) is 15.6. The van der Waals surface area contributed by atoms with Crippen LogP contribution >= 0.6 is 11.3 Å². The summed E-state index contributed by atoms with van der Waals surface area (Å²) in [6, 6.07) is 8.28. The standard InChI is InChI=1S/C20H22FNO3S/c1-25-18-8-6-14(12-17(18)21)20(24)15-4-2-10-22(13-15)19(23)9-7-16-5-3-11-26-16/h3,5-6,8,11-12,15H,2,4,7,9-10,13H2,1H3. The molecule has 6 heteroatoms. The van der Waals surface area contributed by atoms with E-state index in [0.29, 0.717) is 25.1 Å². The van der Waals surface area contributed by atoms with E-state index < -0.39 is 5.82 Å². The molecule has 138 valence electrons. The van der Waals surface area contributed by atoms with Gasteiger partial charge in [-0.25, -0.2) is 4.39 Å². The molecule has 2 aromatic rings. The molecule has 2 heterocycles. The van der Waals surface area contributed by atoms with E-state index in [1.807, 2.05) is 17.5 Å². The van der Waals surface area contributed by atoms with Gasteiger partial charge in [0.1, 0.15) is 0 Å². The number of methoxy groups -OCH3 is 1. The minimum atomic E-state index is -0.543. The fourth-order valence-electron chi connectivity index (χ4n) is 3.32. The Kier molecular flexibility index (Phi) is 6.04. The maximum atomic E-state index is 13.9. The zero-order chi connectivity index (χ0) is 18.5. The number of benzene rings is 1. The average Bonchev–Trinajstić information content (AvgIpc) is 3.19. The summed E-state index contributed by atoms with van der Waals surface area (Å²) < 4.78 is 18.8. The van der Waals surface area contributed by atoms with Gasteiger partial charge in [-0.05, 0) is 48.9 Å². The fraction of sp³-hybridized carbons (Fsp3) is 0.400. The van der Waals surface area contributed by atoms with Gasteiger partial charge in [0.05, 0.1) is 7.11 Å². The summed E-state index contributed by atoms with van der Waals surface area (Å²) in [4.78, 5) is 28.2. The number of ketones is 1. The number of ether oxygens (including phenoxy) is 1. The smallest absolute Gasteiger partial charge is 0.222 e. The first-order valence-electron chi connectivity index (χ1n) is 8.76. The molecule has 1 aromatic carbocycles. The van der Waals surface area contributed by atoms with Crippen LogP contribution in [0.25, 0.3) is 0 Å².